The standard InChI is InChI=1S/C16H21N5O3/c1-2-20-14(22)12-9-19(7-8-21(12)16(20)24)15(23)13-10-5-3-4-6-11(10)17-18-13/h12H,2-9H2,1H3,(H,17,18). The molecular weight excluding hydrogens is 310 g/mol. The number of amides is 4. The van der Waals surface area contributed by atoms with Gasteiger partial charge in [-0.05, 0) is 32.6 Å². The Balaban J connectivity index is 1.54. The molecule has 0 aromatic carbocycles. The van der Waals surface area contributed by atoms with Crippen molar-refractivity contribution in [3.05, 3.63) is 17.0 Å². The average molecular weight is 331 g/mol. The highest BCUT2D eigenvalue weighted by Crippen LogP contribution is 2.26. The molecule has 4 rings (SSSR count). The van der Waals surface area contributed by atoms with Crippen molar-refractivity contribution in [2.24, 2.45) is 0 Å². The Kier molecular flexibility index (Phi) is 3.54. The topological polar surface area (TPSA) is 89.6 Å². The summed E-state index contributed by atoms with van der Waals surface area (Å²) in [6.07, 6.45) is 4.00. The molecular formula is C16H21N5O3. The molecule has 0 spiro atoms. The van der Waals surface area contributed by atoms with Crippen molar-refractivity contribution < 1.29 is 14.4 Å². The number of aromatic nitrogens is 2. The molecule has 1 unspecified atom stereocenters. The summed E-state index contributed by atoms with van der Waals surface area (Å²) in [6, 6.07) is -0.790. The minimum absolute atomic E-state index is 0.135. The van der Waals surface area contributed by atoms with Gasteiger partial charge >= 0.3 is 6.03 Å². The van der Waals surface area contributed by atoms with E-state index in [2.05, 4.69) is 10.2 Å². The first kappa shape index (κ1) is 15.2. The molecule has 1 aromatic heterocycles. The number of aryl methyl sites for hydroxylation is 1. The molecule has 8 nitrogen and oxygen atoms in total. The maximum atomic E-state index is 12.9. The third-order valence-corrected chi connectivity index (χ3v) is 5.27. The number of imide groups is 1. The number of aromatic amines is 1. The van der Waals surface area contributed by atoms with E-state index in [1.807, 2.05) is 0 Å². The summed E-state index contributed by atoms with van der Waals surface area (Å²) < 4.78 is 0. The summed E-state index contributed by atoms with van der Waals surface area (Å²) in [6.45, 7) is 3.23. The first-order valence-corrected chi connectivity index (χ1v) is 8.59. The zero-order chi connectivity index (χ0) is 16.8. The van der Waals surface area contributed by atoms with E-state index in [0.29, 0.717) is 25.3 Å². The van der Waals surface area contributed by atoms with E-state index in [0.717, 1.165) is 36.9 Å². The van der Waals surface area contributed by atoms with Gasteiger partial charge in [-0.15, -0.1) is 0 Å². The van der Waals surface area contributed by atoms with Crippen LogP contribution in [0.4, 0.5) is 4.79 Å². The summed E-state index contributed by atoms with van der Waals surface area (Å²) in [5.41, 5.74) is 2.58. The van der Waals surface area contributed by atoms with Crippen LogP contribution in [0.3, 0.4) is 0 Å². The molecule has 24 heavy (non-hydrogen) atoms. The van der Waals surface area contributed by atoms with Crippen LogP contribution in [0.15, 0.2) is 0 Å². The van der Waals surface area contributed by atoms with Crippen molar-refractivity contribution >= 4 is 17.8 Å². The number of fused-ring (bicyclic) bond motifs is 2. The number of carbonyl (C=O) groups is 3. The molecule has 0 bridgehead atoms. The van der Waals surface area contributed by atoms with E-state index in [-0.39, 0.29) is 24.4 Å². The fourth-order valence-electron chi connectivity index (χ4n) is 3.94. The van der Waals surface area contributed by atoms with Crippen LogP contribution in [0.2, 0.25) is 0 Å². The van der Waals surface area contributed by atoms with Crippen LogP contribution in [0.5, 0.6) is 0 Å². The minimum Gasteiger partial charge on any atom is -0.333 e. The highest BCUT2D eigenvalue weighted by atomic mass is 16.2. The fraction of sp³-hybridized carbons (Fsp3) is 0.625. The summed E-state index contributed by atoms with van der Waals surface area (Å²) in [5, 5.41) is 7.22. The average Bonchev–Trinajstić information content (AvgIpc) is 3.14. The SMILES string of the molecule is CCN1C(=O)C2CN(C(=O)c3n[nH]c4c3CCCC4)CCN2C1=O. The van der Waals surface area contributed by atoms with Gasteiger partial charge in [-0.1, -0.05) is 0 Å². The quantitative estimate of drug-likeness (QED) is 0.794. The van der Waals surface area contributed by atoms with Crippen molar-refractivity contribution in [1.29, 1.82) is 0 Å². The third-order valence-electron chi connectivity index (χ3n) is 5.27. The second-order valence-electron chi connectivity index (χ2n) is 6.56. The molecule has 3 aliphatic rings. The molecule has 128 valence electrons. The number of rotatable bonds is 2. The zero-order valence-corrected chi connectivity index (χ0v) is 13.7. The molecule has 1 aromatic rings. The zero-order valence-electron chi connectivity index (χ0n) is 13.7. The Bertz CT molecular complexity index is 713. The van der Waals surface area contributed by atoms with Crippen molar-refractivity contribution in [2.75, 3.05) is 26.2 Å². The maximum Gasteiger partial charge on any atom is 0.327 e. The molecule has 0 saturated carbocycles. The number of piperazine rings is 1. The Hall–Kier alpha value is -2.38. The molecule has 3 heterocycles. The van der Waals surface area contributed by atoms with Crippen molar-refractivity contribution in [3.63, 3.8) is 0 Å². The molecule has 1 atom stereocenters. The molecule has 2 fully saturated rings. The summed E-state index contributed by atoms with van der Waals surface area (Å²) >= 11 is 0. The van der Waals surface area contributed by atoms with Crippen LogP contribution in [0.25, 0.3) is 0 Å². The van der Waals surface area contributed by atoms with E-state index in [1.165, 1.54) is 4.90 Å². The number of likely N-dealkylation sites (N-methyl/N-ethyl adjacent to an activating group) is 1. The monoisotopic (exact) mass is 331 g/mol. The molecule has 2 aliphatic heterocycles. The lowest BCUT2D eigenvalue weighted by Crippen LogP contribution is -2.54. The lowest BCUT2D eigenvalue weighted by Gasteiger charge is -2.35. The molecule has 8 heteroatoms. The van der Waals surface area contributed by atoms with E-state index >= 15 is 0 Å². The van der Waals surface area contributed by atoms with Crippen LogP contribution in [0.1, 0.15) is 41.5 Å². The molecule has 1 N–H and O–H groups in total. The summed E-state index contributed by atoms with van der Waals surface area (Å²) in [4.78, 5) is 41.9. The number of nitrogens with zero attached hydrogens (tertiary/aromatic N) is 4. The molecule has 4 amide bonds. The lowest BCUT2D eigenvalue weighted by atomic mass is 9.95. The first-order chi connectivity index (χ1) is 11.6. The van der Waals surface area contributed by atoms with Gasteiger partial charge in [-0.3, -0.25) is 19.6 Å². The summed E-state index contributed by atoms with van der Waals surface area (Å²) in [7, 11) is 0. The van der Waals surface area contributed by atoms with Crippen LogP contribution in [-0.4, -0.2) is 75.0 Å². The van der Waals surface area contributed by atoms with Gasteiger partial charge in [0.15, 0.2) is 5.69 Å². The van der Waals surface area contributed by atoms with E-state index in [1.54, 1.807) is 16.7 Å². The highest BCUT2D eigenvalue weighted by molar-refractivity contribution is 6.05. The van der Waals surface area contributed by atoms with Crippen LogP contribution in [0, 0.1) is 0 Å². The third kappa shape index (κ3) is 2.12. The Labute approximate surface area is 139 Å². The lowest BCUT2D eigenvalue weighted by molar-refractivity contribution is -0.129. The van der Waals surface area contributed by atoms with Crippen LogP contribution in [-0.2, 0) is 17.6 Å². The van der Waals surface area contributed by atoms with Gasteiger partial charge in [-0.25, -0.2) is 4.79 Å². The first-order valence-electron chi connectivity index (χ1n) is 8.59. The molecule has 2 saturated heterocycles. The van der Waals surface area contributed by atoms with Crippen LogP contribution >= 0.6 is 0 Å². The highest BCUT2D eigenvalue weighted by Gasteiger charge is 2.48. The fourth-order valence-corrected chi connectivity index (χ4v) is 3.94. The van der Waals surface area contributed by atoms with Gasteiger partial charge in [0.2, 0.25) is 0 Å². The normalized spacial score (nSPS) is 23.5. The number of hydrogen-bond acceptors (Lipinski definition) is 4. The van der Waals surface area contributed by atoms with Gasteiger partial charge in [0, 0.05) is 30.9 Å². The smallest absolute Gasteiger partial charge is 0.327 e. The number of nitrogens with one attached hydrogen (secondary N) is 1. The Morgan fingerprint density at radius 1 is 1.25 bits per heavy atom. The van der Waals surface area contributed by atoms with Gasteiger partial charge in [0.1, 0.15) is 6.04 Å². The second kappa shape index (κ2) is 5.61. The Morgan fingerprint density at radius 3 is 2.83 bits per heavy atom. The predicted octanol–water partition coefficient (Wildman–Crippen LogP) is 0.397. The van der Waals surface area contributed by atoms with E-state index < -0.39 is 6.04 Å². The number of carbonyl (C=O) groups excluding carboxylic acids is 3. The van der Waals surface area contributed by atoms with Crippen molar-refractivity contribution in [1.82, 2.24) is 24.9 Å². The Morgan fingerprint density at radius 2 is 2.04 bits per heavy atom. The van der Waals surface area contributed by atoms with Crippen LogP contribution < -0.4 is 0 Å². The summed E-state index contributed by atoms with van der Waals surface area (Å²) in [5.74, 6) is -0.340. The number of H-pyrrole nitrogens is 1. The molecule has 1 aliphatic carbocycles. The largest absolute Gasteiger partial charge is 0.333 e. The van der Waals surface area contributed by atoms with Crippen molar-refractivity contribution in [3.8, 4) is 0 Å². The number of hydrogen-bond donors (Lipinski definition) is 1. The van der Waals surface area contributed by atoms with E-state index in [4.69, 9.17) is 0 Å². The molecule has 0 radical (unpaired) electrons. The van der Waals surface area contributed by atoms with Gasteiger partial charge in [-0.2, -0.15) is 5.10 Å². The maximum absolute atomic E-state index is 12.9. The van der Waals surface area contributed by atoms with Gasteiger partial charge in [0.25, 0.3) is 11.8 Å². The van der Waals surface area contributed by atoms with Crippen molar-refractivity contribution in [2.45, 2.75) is 38.6 Å². The van der Waals surface area contributed by atoms with Gasteiger partial charge in [0.05, 0.1) is 6.54 Å². The minimum atomic E-state index is -0.551. The second-order valence-corrected chi connectivity index (χ2v) is 6.56. The number of urea groups is 1. The van der Waals surface area contributed by atoms with Gasteiger partial charge < -0.3 is 9.80 Å². The predicted molar refractivity (Wildman–Crippen MR) is 84.4 cm³/mol. The van der Waals surface area contributed by atoms with E-state index in [9.17, 15) is 14.4 Å².